The van der Waals surface area contributed by atoms with Gasteiger partial charge in [0.25, 0.3) is 0 Å². The van der Waals surface area contributed by atoms with E-state index in [-0.39, 0.29) is 6.10 Å². The lowest BCUT2D eigenvalue weighted by atomic mass is 10.1. The predicted octanol–water partition coefficient (Wildman–Crippen LogP) is 0.437. The second-order valence-electron chi connectivity index (χ2n) is 5.17. The number of hydrogen-bond donors (Lipinski definition) is 4. The Balaban J connectivity index is 0.000000333. The number of rotatable bonds is 7. The van der Waals surface area contributed by atoms with E-state index >= 15 is 0 Å². The quantitative estimate of drug-likeness (QED) is 0.520. The summed E-state index contributed by atoms with van der Waals surface area (Å²) in [6.07, 6.45) is 0.657. The fourth-order valence-electron chi connectivity index (χ4n) is 1.95. The van der Waals surface area contributed by atoms with Crippen LogP contribution in [0.4, 0.5) is 0 Å². The SMILES string of the molecule is O=C(O)C=CC(=O)O.O[C@@H](COCC1CNCCO1)c1ccccc1. The third-order valence-electron chi connectivity index (χ3n) is 3.14. The van der Waals surface area contributed by atoms with Crippen molar-refractivity contribution >= 4 is 11.9 Å². The fourth-order valence-corrected chi connectivity index (χ4v) is 1.95. The monoisotopic (exact) mass is 353 g/mol. The van der Waals surface area contributed by atoms with Gasteiger partial charge < -0.3 is 30.1 Å². The zero-order valence-corrected chi connectivity index (χ0v) is 13.7. The van der Waals surface area contributed by atoms with Crippen LogP contribution >= 0.6 is 0 Å². The highest BCUT2D eigenvalue weighted by Gasteiger charge is 2.14. The first-order chi connectivity index (χ1) is 12.0. The van der Waals surface area contributed by atoms with Gasteiger partial charge in [0, 0.05) is 25.2 Å². The van der Waals surface area contributed by atoms with Gasteiger partial charge in [-0.05, 0) is 5.56 Å². The highest BCUT2D eigenvalue weighted by atomic mass is 16.5. The van der Waals surface area contributed by atoms with Crippen molar-refractivity contribution in [3.05, 3.63) is 48.0 Å². The Morgan fingerprint density at radius 1 is 1.24 bits per heavy atom. The van der Waals surface area contributed by atoms with Gasteiger partial charge in [0.15, 0.2) is 0 Å². The number of ether oxygens (including phenoxy) is 2. The number of carbonyl (C=O) groups is 2. The molecule has 1 aromatic rings. The number of benzene rings is 1. The van der Waals surface area contributed by atoms with Gasteiger partial charge in [-0.3, -0.25) is 0 Å². The summed E-state index contributed by atoms with van der Waals surface area (Å²) in [6, 6.07) is 9.54. The van der Waals surface area contributed by atoms with E-state index in [0.29, 0.717) is 25.4 Å². The Morgan fingerprint density at radius 2 is 1.88 bits per heavy atom. The summed E-state index contributed by atoms with van der Waals surface area (Å²) in [5.41, 5.74) is 0.884. The average Bonchev–Trinajstić information content (AvgIpc) is 2.62. The molecule has 1 aromatic carbocycles. The lowest BCUT2D eigenvalue weighted by molar-refractivity contribution is -0.134. The zero-order valence-electron chi connectivity index (χ0n) is 13.7. The molecule has 8 heteroatoms. The molecule has 1 heterocycles. The lowest BCUT2D eigenvalue weighted by Crippen LogP contribution is -2.41. The van der Waals surface area contributed by atoms with Crippen LogP contribution in [0, 0.1) is 0 Å². The molecule has 1 aliphatic heterocycles. The fraction of sp³-hybridized carbons (Fsp3) is 0.412. The van der Waals surface area contributed by atoms with E-state index in [1.807, 2.05) is 30.3 Å². The number of aliphatic hydroxyl groups excluding tert-OH is 1. The van der Waals surface area contributed by atoms with Gasteiger partial charge >= 0.3 is 11.9 Å². The molecule has 1 aliphatic rings. The molecule has 1 fully saturated rings. The predicted molar refractivity (Wildman–Crippen MR) is 89.2 cm³/mol. The van der Waals surface area contributed by atoms with E-state index < -0.39 is 18.0 Å². The van der Waals surface area contributed by atoms with Crippen LogP contribution in [-0.2, 0) is 19.1 Å². The van der Waals surface area contributed by atoms with Crippen molar-refractivity contribution in [2.45, 2.75) is 12.2 Å². The molecule has 2 atom stereocenters. The van der Waals surface area contributed by atoms with Crippen LogP contribution in [0.25, 0.3) is 0 Å². The van der Waals surface area contributed by atoms with Gasteiger partial charge in [0.05, 0.1) is 25.9 Å². The molecule has 0 aliphatic carbocycles. The molecule has 0 spiro atoms. The van der Waals surface area contributed by atoms with Crippen molar-refractivity contribution in [3.8, 4) is 0 Å². The van der Waals surface area contributed by atoms with Gasteiger partial charge in [0.2, 0.25) is 0 Å². The molecule has 0 radical (unpaired) electrons. The maximum atomic E-state index is 9.87. The third-order valence-corrected chi connectivity index (χ3v) is 3.14. The van der Waals surface area contributed by atoms with Crippen LogP contribution < -0.4 is 5.32 Å². The Labute approximate surface area is 145 Å². The first kappa shape index (κ1) is 20.8. The number of carboxylic acids is 2. The molecule has 2 rings (SSSR count). The van der Waals surface area contributed by atoms with Crippen molar-refractivity contribution in [1.29, 1.82) is 0 Å². The summed E-state index contributed by atoms with van der Waals surface area (Å²) in [7, 11) is 0. The summed E-state index contributed by atoms with van der Waals surface area (Å²) in [5, 5.41) is 28.7. The van der Waals surface area contributed by atoms with Gasteiger partial charge in [-0.15, -0.1) is 0 Å². The molecule has 8 nitrogen and oxygen atoms in total. The van der Waals surface area contributed by atoms with E-state index in [2.05, 4.69) is 5.32 Å². The summed E-state index contributed by atoms with van der Waals surface area (Å²) >= 11 is 0. The van der Waals surface area contributed by atoms with E-state index in [1.165, 1.54) is 0 Å². The summed E-state index contributed by atoms with van der Waals surface area (Å²) < 4.78 is 11.0. The number of nitrogens with one attached hydrogen (secondary N) is 1. The first-order valence-electron chi connectivity index (χ1n) is 7.76. The minimum atomic E-state index is -1.26. The maximum absolute atomic E-state index is 9.87. The smallest absolute Gasteiger partial charge is 0.328 e. The number of carboxylic acid groups (broad SMARTS) is 2. The maximum Gasteiger partial charge on any atom is 0.328 e. The molecule has 0 aromatic heterocycles. The Kier molecular flexibility index (Phi) is 10.1. The topological polar surface area (TPSA) is 125 Å². The second-order valence-corrected chi connectivity index (χ2v) is 5.17. The largest absolute Gasteiger partial charge is 0.478 e. The zero-order chi connectivity index (χ0) is 18.5. The number of morpholine rings is 1. The van der Waals surface area contributed by atoms with Crippen molar-refractivity contribution in [3.63, 3.8) is 0 Å². The van der Waals surface area contributed by atoms with Crippen LogP contribution in [0.15, 0.2) is 42.5 Å². The van der Waals surface area contributed by atoms with Gasteiger partial charge in [-0.1, -0.05) is 30.3 Å². The highest BCUT2D eigenvalue weighted by Crippen LogP contribution is 2.12. The average molecular weight is 353 g/mol. The molecule has 138 valence electrons. The van der Waals surface area contributed by atoms with Crippen molar-refractivity contribution in [1.82, 2.24) is 5.32 Å². The van der Waals surface area contributed by atoms with E-state index in [4.69, 9.17) is 19.7 Å². The third kappa shape index (κ3) is 10.3. The van der Waals surface area contributed by atoms with Crippen LogP contribution in [0.2, 0.25) is 0 Å². The number of aliphatic carboxylic acids is 2. The summed E-state index contributed by atoms with van der Waals surface area (Å²) in [5.74, 6) is -2.51. The minimum absolute atomic E-state index is 0.103. The van der Waals surface area contributed by atoms with Gasteiger partial charge in [0.1, 0.15) is 6.10 Å². The van der Waals surface area contributed by atoms with Crippen LogP contribution in [0.3, 0.4) is 0 Å². The van der Waals surface area contributed by atoms with Crippen LogP contribution in [0.5, 0.6) is 0 Å². The van der Waals surface area contributed by atoms with Crippen molar-refractivity contribution in [2.24, 2.45) is 0 Å². The Bertz CT molecular complexity index is 525. The van der Waals surface area contributed by atoms with Crippen molar-refractivity contribution in [2.75, 3.05) is 32.9 Å². The van der Waals surface area contributed by atoms with Gasteiger partial charge in [-0.2, -0.15) is 0 Å². The molecular weight excluding hydrogens is 330 g/mol. The van der Waals surface area contributed by atoms with Crippen molar-refractivity contribution < 1.29 is 34.4 Å². The van der Waals surface area contributed by atoms with E-state index in [0.717, 1.165) is 25.3 Å². The molecule has 0 amide bonds. The molecule has 4 N–H and O–H groups in total. The van der Waals surface area contributed by atoms with Gasteiger partial charge in [-0.25, -0.2) is 9.59 Å². The van der Waals surface area contributed by atoms with E-state index in [1.54, 1.807) is 0 Å². The Morgan fingerprint density at radius 3 is 2.40 bits per heavy atom. The summed E-state index contributed by atoms with van der Waals surface area (Å²) in [6.45, 7) is 3.29. The lowest BCUT2D eigenvalue weighted by Gasteiger charge is -2.23. The van der Waals surface area contributed by atoms with Crippen LogP contribution in [0.1, 0.15) is 11.7 Å². The molecule has 1 saturated heterocycles. The molecule has 25 heavy (non-hydrogen) atoms. The molecule has 0 bridgehead atoms. The normalized spacial score (nSPS) is 18.2. The first-order valence-corrected chi connectivity index (χ1v) is 7.76. The Hall–Kier alpha value is -2.26. The molecule has 1 unspecified atom stereocenters. The number of aliphatic hydroxyl groups is 1. The second kappa shape index (κ2) is 12.2. The molecular formula is C17H23NO7. The summed E-state index contributed by atoms with van der Waals surface area (Å²) in [4.78, 5) is 19.1. The standard InChI is InChI=1S/C13H19NO3.C4H4O4/c15-13(11-4-2-1-3-5-11)10-16-9-12-8-14-6-7-17-12;5-3(6)1-2-4(7)8/h1-5,12-15H,6-10H2;1-2H,(H,5,6)(H,7,8)/t12?,13-;/m0./s1. The molecule has 0 saturated carbocycles. The number of hydrogen-bond acceptors (Lipinski definition) is 6. The van der Waals surface area contributed by atoms with E-state index in [9.17, 15) is 14.7 Å². The van der Waals surface area contributed by atoms with Crippen LogP contribution in [-0.4, -0.2) is 66.3 Å². The highest BCUT2D eigenvalue weighted by molar-refractivity contribution is 5.89. The minimum Gasteiger partial charge on any atom is -0.478 e.